The molecule has 1 aliphatic rings. The highest BCUT2D eigenvalue weighted by Crippen LogP contribution is 2.06. The van der Waals surface area contributed by atoms with Gasteiger partial charge in [-0.25, -0.2) is 4.98 Å². The fourth-order valence-electron chi connectivity index (χ4n) is 2.25. The van der Waals surface area contributed by atoms with E-state index in [1.54, 1.807) is 11.0 Å². The van der Waals surface area contributed by atoms with Gasteiger partial charge in [-0.05, 0) is 13.8 Å². The third-order valence-electron chi connectivity index (χ3n) is 2.93. The number of hydrogen-bond donors (Lipinski definition) is 1. The van der Waals surface area contributed by atoms with Gasteiger partial charge in [0.15, 0.2) is 0 Å². The molecule has 94 valence electrons. The van der Waals surface area contributed by atoms with Gasteiger partial charge >= 0.3 is 0 Å². The van der Waals surface area contributed by atoms with Crippen molar-refractivity contribution in [1.82, 2.24) is 25.0 Å². The van der Waals surface area contributed by atoms with Crippen LogP contribution in [0.15, 0.2) is 12.7 Å². The van der Waals surface area contributed by atoms with Crippen LogP contribution in [-0.2, 0) is 11.3 Å². The predicted octanol–water partition coefficient (Wildman–Crippen LogP) is -0.123. The van der Waals surface area contributed by atoms with Crippen molar-refractivity contribution in [3.05, 3.63) is 12.7 Å². The first kappa shape index (κ1) is 12.0. The van der Waals surface area contributed by atoms with Crippen molar-refractivity contribution >= 4 is 5.91 Å². The fourth-order valence-corrected chi connectivity index (χ4v) is 2.25. The molecular formula is C11H19N5O. The second kappa shape index (κ2) is 5.27. The smallest absolute Gasteiger partial charge is 0.224 e. The second-order valence-corrected chi connectivity index (χ2v) is 4.68. The molecule has 1 aromatic rings. The van der Waals surface area contributed by atoms with Crippen molar-refractivity contribution in [1.29, 1.82) is 0 Å². The molecule has 1 N–H and O–H groups in total. The summed E-state index contributed by atoms with van der Waals surface area (Å²) in [6.45, 7) is 6.40. The molecule has 1 fully saturated rings. The molecule has 6 heteroatoms. The van der Waals surface area contributed by atoms with Crippen LogP contribution in [0.5, 0.6) is 0 Å². The van der Waals surface area contributed by atoms with E-state index in [4.69, 9.17) is 0 Å². The van der Waals surface area contributed by atoms with Crippen molar-refractivity contribution in [3.63, 3.8) is 0 Å². The second-order valence-electron chi connectivity index (χ2n) is 4.68. The number of piperazine rings is 1. The van der Waals surface area contributed by atoms with Gasteiger partial charge in [0.2, 0.25) is 5.91 Å². The lowest BCUT2D eigenvalue weighted by Gasteiger charge is -2.36. The first-order chi connectivity index (χ1) is 8.15. The molecule has 2 heterocycles. The largest absolute Gasteiger partial charge is 0.340 e. The van der Waals surface area contributed by atoms with Gasteiger partial charge < -0.3 is 10.2 Å². The summed E-state index contributed by atoms with van der Waals surface area (Å²) in [5.74, 6) is 0.195. The zero-order valence-electron chi connectivity index (χ0n) is 10.3. The Bertz CT molecular complexity index is 354. The summed E-state index contributed by atoms with van der Waals surface area (Å²) in [7, 11) is 0. The van der Waals surface area contributed by atoms with Gasteiger partial charge in [0.1, 0.15) is 12.7 Å². The summed E-state index contributed by atoms with van der Waals surface area (Å²) >= 11 is 0. The van der Waals surface area contributed by atoms with Crippen molar-refractivity contribution in [3.8, 4) is 0 Å². The quantitative estimate of drug-likeness (QED) is 0.796. The number of aryl methyl sites for hydroxylation is 1. The van der Waals surface area contributed by atoms with Gasteiger partial charge in [-0.3, -0.25) is 9.48 Å². The number of nitrogens with one attached hydrogen (secondary N) is 1. The SMILES string of the molecule is C[C@@H]1CN(C(=O)CCn2cncn2)C[C@@H](C)N1. The average Bonchev–Trinajstić information content (AvgIpc) is 2.77. The van der Waals surface area contributed by atoms with Gasteiger partial charge in [0, 0.05) is 31.6 Å². The Morgan fingerprint density at radius 3 is 2.71 bits per heavy atom. The molecule has 0 aromatic carbocycles. The van der Waals surface area contributed by atoms with E-state index in [0.717, 1.165) is 13.1 Å². The Morgan fingerprint density at radius 1 is 1.41 bits per heavy atom. The van der Waals surface area contributed by atoms with Crippen molar-refractivity contribution in [2.75, 3.05) is 13.1 Å². The Balaban J connectivity index is 1.83. The summed E-state index contributed by atoms with van der Waals surface area (Å²) in [6, 6.07) is 0.739. The first-order valence-corrected chi connectivity index (χ1v) is 6.01. The minimum absolute atomic E-state index is 0.195. The topological polar surface area (TPSA) is 63.1 Å². The van der Waals surface area contributed by atoms with E-state index >= 15 is 0 Å². The van der Waals surface area contributed by atoms with Crippen molar-refractivity contribution in [2.45, 2.75) is 38.9 Å². The maximum atomic E-state index is 12.0. The molecule has 0 bridgehead atoms. The molecule has 2 rings (SSSR count). The third kappa shape index (κ3) is 3.26. The van der Waals surface area contributed by atoms with Gasteiger partial charge in [0.25, 0.3) is 0 Å². The lowest BCUT2D eigenvalue weighted by atomic mass is 10.1. The Hall–Kier alpha value is -1.43. The molecule has 0 spiro atoms. The number of carbonyl (C=O) groups excluding carboxylic acids is 1. The van der Waals surface area contributed by atoms with Crippen molar-refractivity contribution in [2.24, 2.45) is 0 Å². The van der Waals surface area contributed by atoms with Crippen LogP contribution in [0.1, 0.15) is 20.3 Å². The molecule has 1 amide bonds. The van der Waals surface area contributed by atoms with Crippen LogP contribution in [0.2, 0.25) is 0 Å². The van der Waals surface area contributed by atoms with Crippen LogP contribution in [0.25, 0.3) is 0 Å². The first-order valence-electron chi connectivity index (χ1n) is 6.01. The van der Waals surface area contributed by atoms with E-state index in [9.17, 15) is 4.79 Å². The van der Waals surface area contributed by atoms with E-state index in [1.165, 1.54) is 6.33 Å². The Labute approximate surface area is 101 Å². The number of nitrogens with zero attached hydrogens (tertiary/aromatic N) is 4. The molecule has 2 atom stereocenters. The van der Waals surface area contributed by atoms with Crippen LogP contribution in [0.3, 0.4) is 0 Å². The summed E-state index contributed by atoms with van der Waals surface area (Å²) in [6.07, 6.45) is 3.61. The lowest BCUT2D eigenvalue weighted by molar-refractivity contribution is -0.133. The lowest BCUT2D eigenvalue weighted by Crippen LogP contribution is -2.55. The molecule has 1 saturated heterocycles. The maximum absolute atomic E-state index is 12.0. The Morgan fingerprint density at radius 2 is 2.12 bits per heavy atom. The van der Waals surface area contributed by atoms with Crippen LogP contribution >= 0.6 is 0 Å². The summed E-state index contributed by atoms with van der Waals surface area (Å²) in [5.41, 5.74) is 0. The third-order valence-corrected chi connectivity index (χ3v) is 2.93. The molecule has 0 aliphatic carbocycles. The fraction of sp³-hybridized carbons (Fsp3) is 0.727. The standard InChI is InChI=1S/C11H19N5O/c1-9-5-15(6-10(2)14-9)11(17)3-4-16-8-12-7-13-16/h7-10,14H,3-6H2,1-2H3/t9-,10-/m1/s1. The molecule has 0 saturated carbocycles. The number of hydrogen-bond acceptors (Lipinski definition) is 4. The van der Waals surface area contributed by atoms with Crippen LogP contribution < -0.4 is 5.32 Å². The minimum atomic E-state index is 0.195. The maximum Gasteiger partial charge on any atom is 0.224 e. The van der Waals surface area contributed by atoms with Crippen LogP contribution in [0.4, 0.5) is 0 Å². The molecule has 6 nitrogen and oxygen atoms in total. The highest BCUT2D eigenvalue weighted by atomic mass is 16.2. The van der Waals surface area contributed by atoms with E-state index in [2.05, 4.69) is 29.2 Å². The van der Waals surface area contributed by atoms with E-state index in [-0.39, 0.29) is 5.91 Å². The summed E-state index contributed by atoms with van der Waals surface area (Å²) < 4.78 is 1.69. The Kier molecular flexibility index (Phi) is 3.73. The monoisotopic (exact) mass is 237 g/mol. The molecule has 0 radical (unpaired) electrons. The van der Waals surface area contributed by atoms with Crippen LogP contribution in [0, 0.1) is 0 Å². The van der Waals surface area contributed by atoms with E-state index in [1.807, 2.05) is 4.90 Å². The van der Waals surface area contributed by atoms with Gasteiger partial charge in [0.05, 0.1) is 6.54 Å². The van der Waals surface area contributed by atoms with Gasteiger partial charge in [-0.1, -0.05) is 0 Å². The summed E-state index contributed by atoms with van der Waals surface area (Å²) in [4.78, 5) is 17.8. The van der Waals surface area contributed by atoms with Crippen molar-refractivity contribution < 1.29 is 4.79 Å². The molecular weight excluding hydrogens is 218 g/mol. The summed E-state index contributed by atoms with van der Waals surface area (Å²) in [5, 5.41) is 7.40. The number of carbonyl (C=O) groups is 1. The number of amides is 1. The number of aromatic nitrogens is 3. The van der Waals surface area contributed by atoms with E-state index in [0.29, 0.717) is 25.0 Å². The predicted molar refractivity (Wildman–Crippen MR) is 63.3 cm³/mol. The molecule has 1 aliphatic heterocycles. The molecule has 17 heavy (non-hydrogen) atoms. The zero-order valence-corrected chi connectivity index (χ0v) is 10.3. The highest BCUT2D eigenvalue weighted by molar-refractivity contribution is 5.76. The van der Waals surface area contributed by atoms with Gasteiger partial charge in [-0.2, -0.15) is 5.10 Å². The van der Waals surface area contributed by atoms with Crippen LogP contribution in [-0.4, -0.2) is 50.7 Å². The van der Waals surface area contributed by atoms with Gasteiger partial charge in [-0.15, -0.1) is 0 Å². The minimum Gasteiger partial charge on any atom is -0.340 e. The average molecular weight is 237 g/mol. The molecule has 0 unspecified atom stereocenters. The normalized spacial score (nSPS) is 24.9. The highest BCUT2D eigenvalue weighted by Gasteiger charge is 2.24. The molecule has 1 aromatic heterocycles. The van der Waals surface area contributed by atoms with E-state index < -0.39 is 0 Å². The number of rotatable bonds is 3. The zero-order chi connectivity index (χ0) is 12.3.